The molecule has 0 radical (unpaired) electrons. The Balaban J connectivity index is 5.66. The minimum atomic E-state index is -4.42. The van der Waals surface area contributed by atoms with Gasteiger partial charge in [0.1, 0.15) is 10.9 Å². The number of hydrogen-bond acceptors (Lipinski definition) is 2. The molecule has 0 aromatic heterocycles. The van der Waals surface area contributed by atoms with E-state index in [2.05, 4.69) is 0 Å². The van der Waals surface area contributed by atoms with Crippen LogP contribution in [0, 0.1) is 11.8 Å². The number of hydrogen-bond donors (Lipinski definition) is 2. The number of rotatable bonds is 4. The first-order valence-corrected chi connectivity index (χ1v) is 6.26. The van der Waals surface area contributed by atoms with Crippen LogP contribution >= 0.6 is 7.60 Å². The lowest BCUT2D eigenvalue weighted by atomic mass is 9.81. The summed E-state index contributed by atoms with van der Waals surface area (Å²) in [5.41, 5.74) is 0. The maximum atomic E-state index is 11.5. The zero-order chi connectivity index (χ0) is 11.7. The third kappa shape index (κ3) is 1.92. The highest BCUT2D eigenvalue weighted by atomic mass is 31.2. The van der Waals surface area contributed by atoms with Crippen LogP contribution in [0.3, 0.4) is 0 Å². The molecule has 5 heteroatoms. The van der Waals surface area contributed by atoms with Gasteiger partial charge in [0.05, 0.1) is 0 Å². The summed E-state index contributed by atoms with van der Waals surface area (Å²) in [5, 5.41) is -1.53. The lowest BCUT2D eigenvalue weighted by Gasteiger charge is -2.38. The Labute approximate surface area is 84.9 Å². The molecule has 0 aliphatic carbocycles. The lowest BCUT2D eigenvalue weighted by Crippen LogP contribution is -2.46. The first kappa shape index (κ1) is 13.8. The lowest BCUT2D eigenvalue weighted by molar-refractivity contribution is -0.122. The van der Waals surface area contributed by atoms with E-state index in [1.165, 1.54) is 6.92 Å². The predicted molar refractivity (Wildman–Crippen MR) is 55.1 cm³/mol. The minimum absolute atomic E-state index is 0.374. The normalized spacial score (nSPS) is 13.8. The Morgan fingerprint density at radius 3 is 1.43 bits per heavy atom. The highest BCUT2D eigenvalue weighted by Gasteiger charge is 2.55. The monoisotopic (exact) mass is 222 g/mol. The molecule has 0 saturated carbocycles. The summed E-state index contributed by atoms with van der Waals surface area (Å²) >= 11 is 0. The van der Waals surface area contributed by atoms with E-state index in [-0.39, 0.29) is 11.8 Å². The van der Waals surface area contributed by atoms with E-state index in [0.29, 0.717) is 0 Å². The fourth-order valence-corrected chi connectivity index (χ4v) is 4.11. The molecule has 0 amide bonds. The molecular formula is C9H19O4P. The van der Waals surface area contributed by atoms with Crippen molar-refractivity contribution in [3.8, 4) is 0 Å². The molecule has 0 fully saturated rings. The molecule has 0 saturated heterocycles. The Morgan fingerprint density at radius 2 is 1.43 bits per heavy atom. The first-order chi connectivity index (χ1) is 6.08. The highest BCUT2D eigenvalue weighted by Crippen LogP contribution is 2.58. The van der Waals surface area contributed by atoms with Crippen LogP contribution in [0.2, 0.25) is 0 Å². The Kier molecular flexibility index (Phi) is 4.08. The van der Waals surface area contributed by atoms with Crippen molar-refractivity contribution < 1.29 is 19.1 Å². The van der Waals surface area contributed by atoms with E-state index in [0.717, 1.165) is 0 Å². The molecule has 2 N–H and O–H groups in total. The van der Waals surface area contributed by atoms with Crippen LogP contribution in [0.4, 0.5) is 0 Å². The fraction of sp³-hybridized carbons (Fsp3) is 0.889. The number of ketones is 1. The average molecular weight is 222 g/mol. The van der Waals surface area contributed by atoms with Crippen molar-refractivity contribution in [3.05, 3.63) is 0 Å². The minimum Gasteiger partial charge on any atom is -0.324 e. The zero-order valence-corrected chi connectivity index (χ0v) is 10.2. The molecule has 0 aromatic rings. The van der Waals surface area contributed by atoms with Gasteiger partial charge in [0.2, 0.25) is 0 Å². The zero-order valence-electron chi connectivity index (χ0n) is 9.31. The van der Waals surface area contributed by atoms with Gasteiger partial charge in [-0.3, -0.25) is 9.36 Å². The Morgan fingerprint density at radius 1 is 1.14 bits per heavy atom. The van der Waals surface area contributed by atoms with Gasteiger partial charge in [-0.05, 0) is 18.8 Å². The third-order valence-electron chi connectivity index (χ3n) is 2.81. The summed E-state index contributed by atoms with van der Waals surface area (Å²) in [6.07, 6.45) is 0. The van der Waals surface area contributed by atoms with E-state index in [1.807, 2.05) is 0 Å². The van der Waals surface area contributed by atoms with Gasteiger partial charge in [-0.25, -0.2) is 0 Å². The van der Waals surface area contributed by atoms with Gasteiger partial charge in [0, 0.05) is 0 Å². The second-order valence-electron chi connectivity index (χ2n) is 4.23. The van der Waals surface area contributed by atoms with E-state index in [9.17, 15) is 19.1 Å². The molecule has 0 heterocycles. The summed E-state index contributed by atoms with van der Waals surface area (Å²) < 4.78 is 11.5. The molecule has 0 spiro atoms. The van der Waals surface area contributed by atoms with Crippen molar-refractivity contribution in [2.45, 2.75) is 39.8 Å². The fourth-order valence-electron chi connectivity index (χ4n) is 2.36. The molecule has 4 nitrogen and oxygen atoms in total. The molecule has 0 bridgehead atoms. The Bertz CT molecular complexity index is 256. The summed E-state index contributed by atoms with van der Waals surface area (Å²) in [4.78, 5) is 30.2. The number of carbonyl (C=O) groups excluding carboxylic acids is 1. The van der Waals surface area contributed by atoms with Gasteiger partial charge >= 0.3 is 7.60 Å². The van der Waals surface area contributed by atoms with Crippen molar-refractivity contribution in [2.75, 3.05) is 0 Å². The van der Waals surface area contributed by atoms with Gasteiger partial charge in [-0.2, -0.15) is 0 Å². The molecule has 84 valence electrons. The summed E-state index contributed by atoms with van der Waals surface area (Å²) in [6, 6.07) is 0. The largest absolute Gasteiger partial charge is 0.339 e. The van der Waals surface area contributed by atoms with Crippen LogP contribution in [0.1, 0.15) is 34.6 Å². The topological polar surface area (TPSA) is 74.6 Å². The first-order valence-electron chi connectivity index (χ1n) is 4.65. The van der Waals surface area contributed by atoms with Gasteiger partial charge in [0.15, 0.2) is 0 Å². The summed E-state index contributed by atoms with van der Waals surface area (Å²) in [5.74, 6) is -1.18. The van der Waals surface area contributed by atoms with E-state index < -0.39 is 18.5 Å². The van der Waals surface area contributed by atoms with Crippen LogP contribution in [-0.2, 0) is 9.36 Å². The third-order valence-corrected chi connectivity index (χ3v) is 5.12. The smallest absolute Gasteiger partial charge is 0.324 e. The quantitative estimate of drug-likeness (QED) is 0.711. The van der Waals surface area contributed by atoms with Gasteiger partial charge in [0.25, 0.3) is 0 Å². The molecule has 0 rings (SSSR count). The maximum absolute atomic E-state index is 11.5. The van der Waals surface area contributed by atoms with Crippen LogP contribution in [0.15, 0.2) is 0 Å². The molecule has 14 heavy (non-hydrogen) atoms. The van der Waals surface area contributed by atoms with Crippen molar-refractivity contribution in [1.82, 2.24) is 0 Å². The van der Waals surface area contributed by atoms with E-state index in [1.54, 1.807) is 27.7 Å². The second-order valence-corrected chi connectivity index (χ2v) is 6.06. The standard InChI is InChI=1S/C9H19O4P/c1-6(2)9(7(3)4,8(5)10)14(11,12)13/h6-7H,1-5H3,(H2,11,12,13). The molecule has 0 unspecified atom stereocenters. The van der Waals surface area contributed by atoms with Crippen LogP contribution in [0.5, 0.6) is 0 Å². The Hall–Kier alpha value is -0.180. The van der Waals surface area contributed by atoms with Crippen LogP contribution < -0.4 is 0 Å². The highest BCUT2D eigenvalue weighted by molar-refractivity contribution is 7.54. The molecule has 0 atom stereocenters. The average Bonchev–Trinajstić information content (AvgIpc) is 1.79. The molecule has 0 aliphatic heterocycles. The predicted octanol–water partition coefficient (Wildman–Crippen LogP) is 1.80. The summed E-state index contributed by atoms with van der Waals surface area (Å²) in [7, 11) is -4.42. The maximum Gasteiger partial charge on any atom is 0.339 e. The summed E-state index contributed by atoms with van der Waals surface area (Å²) in [6.45, 7) is 7.92. The van der Waals surface area contributed by atoms with Crippen molar-refractivity contribution in [2.24, 2.45) is 11.8 Å². The molecule has 0 aliphatic rings. The number of carbonyl (C=O) groups is 1. The number of Topliss-reactive ketones (excluding diaryl/α,β-unsaturated/α-hetero) is 1. The SMILES string of the molecule is CC(=O)C(C(C)C)(C(C)C)P(=O)(O)O. The van der Waals surface area contributed by atoms with Gasteiger partial charge in [-0.15, -0.1) is 0 Å². The van der Waals surface area contributed by atoms with Crippen molar-refractivity contribution in [1.29, 1.82) is 0 Å². The van der Waals surface area contributed by atoms with Crippen LogP contribution in [-0.4, -0.2) is 20.7 Å². The second kappa shape index (κ2) is 4.13. The molecular weight excluding hydrogens is 203 g/mol. The van der Waals surface area contributed by atoms with E-state index >= 15 is 0 Å². The van der Waals surface area contributed by atoms with E-state index in [4.69, 9.17) is 0 Å². The van der Waals surface area contributed by atoms with Crippen molar-refractivity contribution in [3.63, 3.8) is 0 Å². The van der Waals surface area contributed by atoms with Gasteiger partial charge in [-0.1, -0.05) is 27.7 Å². The van der Waals surface area contributed by atoms with Gasteiger partial charge < -0.3 is 9.79 Å². The van der Waals surface area contributed by atoms with Crippen molar-refractivity contribution >= 4 is 13.4 Å². The molecule has 0 aromatic carbocycles. The van der Waals surface area contributed by atoms with Crippen LogP contribution in [0.25, 0.3) is 0 Å².